The molecular weight excluding hydrogens is 326 g/mol. The van der Waals surface area contributed by atoms with Gasteiger partial charge in [0.2, 0.25) is 0 Å². The smallest absolute Gasteiger partial charge is 0.323 e. The molecule has 0 amide bonds. The van der Waals surface area contributed by atoms with Gasteiger partial charge in [-0.2, -0.15) is 0 Å². The Kier molecular flexibility index (Phi) is 12.5. The van der Waals surface area contributed by atoms with Crippen LogP contribution in [0.5, 0.6) is 0 Å². The van der Waals surface area contributed by atoms with Crippen LogP contribution in [-0.2, 0) is 19.1 Å². The molecule has 0 aromatic carbocycles. The van der Waals surface area contributed by atoms with Gasteiger partial charge in [0.25, 0.3) is 0 Å². The second-order valence-electron chi connectivity index (χ2n) is 6.89. The van der Waals surface area contributed by atoms with Crippen LogP contribution in [0, 0.1) is 5.41 Å². The molecule has 25 heavy (non-hydrogen) atoms. The van der Waals surface area contributed by atoms with Crippen molar-refractivity contribution in [3.05, 3.63) is 0 Å². The quantitative estimate of drug-likeness (QED) is 0.356. The third-order valence-electron chi connectivity index (χ3n) is 4.33. The number of likely N-dealkylation sites (N-methyl/N-ethyl adjacent to an activating group) is 1. The molecule has 0 aromatic heterocycles. The molecule has 0 aliphatic heterocycles. The molecule has 0 heterocycles. The van der Waals surface area contributed by atoms with Gasteiger partial charge in [-0.3, -0.25) is 14.5 Å². The standard InChI is InChI=1S/C18H35NO6/c1-5-6-7-8-9-10-16(22)24-13-18(11-20,12-21)14-25-17(23)15(2)19(3)4/h15,20-21H,5-14H2,1-4H3. The fourth-order valence-electron chi connectivity index (χ4n) is 2.01. The average Bonchev–Trinajstić information content (AvgIpc) is 2.61. The van der Waals surface area contributed by atoms with E-state index in [9.17, 15) is 19.8 Å². The van der Waals surface area contributed by atoms with E-state index >= 15 is 0 Å². The summed E-state index contributed by atoms with van der Waals surface area (Å²) >= 11 is 0. The average molecular weight is 361 g/mol. The molecule has 0 aliphatic carbocycles. The lowest BCUT2D eigenvalue weighted by Gasteiger charge is -2.29. The molecule has 0 saturated heterocycles. The SMILES string of the molecule is CCCCCCCC(=O)OCC(CO)(CO)COC(=O)C(C)N(C)C. The van der Waals surface area contributed by atoms with Gasteiger partial charge in [-0.25, -0.2) is 0 Å². The third-order valence-corrected chi connectivity index (χ3v) is 4.33. The molecule has 1 unspecified atom stereocenters. The predicted molar refractivity (Wildman–Crippen MR) is 95.0 cm³/mol. The maximum Gasteiger partial charge on any atom is 0.323 e. The minimum absolute atomic E-state index is 0.183. The lowest BCUT2D eigenvalue weighted by molar-refractivity contribution is -0.161. The number of aliphatic hydroxyl groups is 2. The first-order chi connectivity index (χ1) is 11.8. The number of unbranched alkanes of at least 4 members (excludes halogenated alkanes) is 4. The minimum atomic E-state index is -1.18. The van der Waals surface area contributed by atoms with Crippen LogP contribution < -0.4 is 0 Å². The van der Waals surface area contributed by atoms with Gasteiger partial charge in [0.15, 0.2) is 0 Å². The number of nitrogens with zero attached hydrogens (tertiary/aromatic N) is 1. The molecule has 1 atom stereocenters. The molecule has 0 bridgehead atoms. The van der Waals surface area contributed by atoms with Crippen molar-refractivity contribution in [1.82, 2.24) is 4.90 Å². The number of hydrogen-bond donors (Lipinski definition) is 2. The van der Waals surface area contributed by atoms with Crippen molar-refractivity contribution in [2.45, 2.75) is 58.4 Å². The van der Waals surface area contributed by atoms with Crippen LogP contribution in [0.4, 0.5) is 0 Å². The van der Waals surface area contributed by atoms with E-state index in [2.05, 4.69) is 6.92 Å². The van der Waals surface area contributed by atoms with Crippen LogP contribution in [0.25, 0.3) is 0 Å². The Hall–Kier alpha value is -1.18. The van der Waals surface area contributed by atoms with Crippen LogP contribution >= 0.6 is 0 Å². The van der Waals surface area contributed by atoms with Gasteiger partial charge in [-0.15, -0.1) is 0 Å². The Labute approximate surface area is 151 Å². The number of ether oxygens (including phenoxy) is 2. The number of carbonyl (C=O) groups excluding carboxylic acids is 2. The Morgan fingerprint density at radius 1 is 1.00 bits per heavy atom. The van der Waals surface area contributed by atoms with Crippen LogP contribution in [0.2, 0.25) is 0 Å². The molecule has 7 heteroatoms. The largest absolute Gasteiger partial charge is 0.465 e. The Morgan fingerprint density at radius 3 is 2.08 bits per heavy atom. The zero-order valence-electron chi connectivity index (χ0n) is 16.1. The molecule has 0 rings (SSSR count). The van der Waals surface area contributed by atoms with Gasteiger partial charge in [0, 0.05) is 6.42 Å². The number of carbonyl (C=O) groups is 2. The molecule has 0 radical (unpaired) electrons. The Balaban J connectivity index is 4.33. The summed E-state index contributed by atoms with van der Waals surface area (Å²) in [7, 11) is 3.50. The topological polar surface area (TPSA) is 96.3 Å². The number of esters is 2. The van der Waals surface area contributed by atoms with E-state index in [1.54, 1.807) is 25.9 Å². The van der Waals surface area contributed by atoms with Crippen molar-refractivity contribution >= 4 is 11.9 Å². The van der Waals surface area contributed by atoms with Crippen molar-refractivity contribution in [2.75, 3.05) is 40.5 Å². The zero-order chi connectivity index (χ0) is 19.3. The van der Waals surface area contributed by atoms with E-state index < -0.39 is 30.6 Å². The third kappa shape index (κ3) is 9.77. The Bertz CT molecular complexity index is 382. The first kappa shape index (κ1) is 23.8. The first-order valence-corrected chi connectivity index (χ1v) is 9.02. The number of hydrogen-bond acceptors (Lipinski definition) is 7. The molecule has 2 N–H and O–H groups in total. The fraction of sp³-hybridized carbons (Fsp3) is 0.889. The monoisotopic (exact) mass is 361 g/mol. The fourth-order valence-corrected chi connectivity index (χ4v) is 2.01. The molecule has 0 saturated carbocycles. The summed E-state index contributed by atoms with van der Waals surface area (Å²) in [5.74, 6) is -0.825. The van der Waals surface area contributed by atoms with Gasteiger partial charge in [0.1, 0.15) is 19.3 Å². The normalized spacial score (nSPS) is 12.9. The summed E-state index contributed by atoms with van der Waals surface area (Å²) in [4.78, 5) is 25.4. The molecule has 0 fully saturated rings. The van der Waals surface area contributed by atoms with E-state index in [1.807, 2.05) is 0 Å². The summed E-state index contributed by atoms with van der Waals surface area (Å²) in [5, 5.41) is 19.1. The second kappa shape index (κ2) is 13.1. The highest BCUT2D eigenvalue weighted by molar-refractivity contribution is 5.75. The van der Waals surface area contributed by atoms with Gasteiger partial charge in [0.05, 0.1) is 18.6 Å². The van der Waals surface area contributed by atoms with E-state index in [4.69, 9.17) is 9.47 Å². The van der Waals surface area contributed by atoms with Crippen molar-refractivity contribution in [3.8, 4) is 0 Å². The lowest BCUT2D eigenvalue weighted by atomic mass is 9.92. The van der Waals surface area contributed by atoms with E-state index in [0.717, 1.165) is 32.1 Å². The van der Waals surface area contributed by atoms with E-state index in [-0.39, 0.29) is 19.2 Å². The van der Waals surface area contributed by atoms with Crippen molar-refractivity contribution in [2.24, 2.45) is 5.41 Å². The first-order valence-electron chi connectivity index (χ1n) is 9.02. The maximum absolute atomic E-state index is 11.9. The lowest BCUT2D eigenvalue weighted by Crippen LogP contribution is -2.43. The van der Waals surface area contributed by atoms with Gasteiger partial charge >= 0.3 is 11.9 Å². The number of rotatable bonds is 14. The summed E-state index contributed by atoms with van der Waals surface area (Å²) in [6.07, 6.45) is 5.46. The minimum Gasteiger partial charge on any atom is -0.465 e. The Morgan fingerprint density at radius 2 is 1.56 bits per heavy atom. The maximum atomic E-state index is 11.9. The molecular formula is C18H35NO6. The van der Waals surface area contributed by atoms with Gasteiger partial charge in [-0.1, -0.05) is 32.6 Å². The zero-order valence-corrected chi connectivity index (χ0v) is 16.1. The molecule has 0 spiro atoms. The molecule has 148 valence electrons. The van der Waals surface area contributed by atoms with Crippen molar-refractivity contribution in [3.63, 3.8) is 0 Å². The molecule has 0 aliphatic rings. The highest BCUT2D eigenvalue weighted by atomic mass is 16.6. The van der Waals surface area contributed by atoms with Crippen LogP contribution in [-0.4, -0.2) is 73.6 Å². The van der Waals surface area contributed by atoms with Crippen molar-refractivity contribution in [1.29, 1.82) is 0 Å². The summed E-state index contributed by atoms with van der Waals surface area (Å²) < 4.78 is 10.4. The number of aliphatic hydroxyl groups excluding tert-OH is 2. The molecule has 0 aromatic rings. The van der Waals surface area contributed by atoms with Crippen LogP contribution in [0.1, 0.15) is 52.4 Å². The van der Waals surface area contributed by atoms with Crippen LogP contribution in [0.15, 0.2) is 0 Å². The highest BCUT2D eigenvalue weighted by Crippen LogP contribution is 2.18. The van der Waals surface area contributed by atoms with Crippen LogP contribution in [0.3, 0.4) is 0 Å². The predicted octanol–water partition coefficient (Wildman–Crippen LogP) is 1.35. The van der Waals surface area contributed by atoms with E-state index in [1.165, 1.54) is 0 Å². The second-order valence-corrected chi connectivity index (χ2v) is 6.89. The van der Waals surface area contributed by atoms with Gasteiger partial charge < -0.3 is 19.7 Å². The van der Waals surface area contributed by atoms with Gasteiger partial charge in [-0.05, 0) is 27.4 Å². The summed E-state index contributed by atoms with van der Waals surface area (Å²) in [5.41, 5.74) is -1.18. The highest BCUT2D eigenvalue weighted by Gasteiger charge is 2.33. The summed E-state index contributed by atoms with van der Waals surface area (Å²) in [6.45, 7) is 2.54. The van der Waals surface area contributed by atoms with Crippen molar-refractivity contribution < 1.29 is 29.3 Å². The van der Waals surface area contributed by atoms with E-state index in [0.29, 0.717) is 6.42 Å². The summed E-state index contributed by atoms with van der Waals surface area (Å²) in [6, 6.07) is -0.444. The molecule has 7 nitrogen and oxygen atoms in total.